The molecule has 1 aromatic heterocycles. The van der Waals surface area contributed by atoms with Crippen LogP contribution in [0.5, 0.6) is 5.75 Å². The van der Waals surface area contributed by atoms with E-state index in [1.807, 2.05) is 35.9 Å². The van der Waals surface area contributed by atoms with Crippen LogP contribution in [-0.2, 0) is 13.7 Å². The fourth-order valence-electron chi connectivity index (χ4n) is 1.29. The van der Waals surface area contributed by atoms with Crippen LogP contribution in [0.4, 0.5) is 5.69 Å². The Labute approximate surface area is 88.3 Å². The van der Waals surface area contributed by atoms with E-state index < -0.39 is 0 Å². The number of nitrogens with zero attached hydrogens (tertiary/aromatic N) is 2. The molecule has 0 aliphatic rings. The maximum absolute atomic E-state index is 5.75. The topological polar surface area (TPSA) is 53.1 Å². The van der Waals surface area contributed by atoms with E-state index in [0.29, 0.717) is 18.0 Å². The van der Waals surface area contributed by atoms with E-state index in [0.717, 1.165) is 5.69 Å². The van der Waals surface area contributed by atoms with Gasteiger partial charge in [0, 0.05) is 7.05 Å². The number of benzene rings is 1. The highest BCUT2D eigenvalue weighted by Crippen LogP contribution is 2.20. The number of aryl methyl sites for hydroxylation is 1. The van der Waals surface area contributed by atoms with Crippen LogP contribution in [-0.4, -0.2) is 9.55 Å². The minimum Gasteiger partial charge on any atom is -0.485 e. The lowest BCUT2D eigenvalue weighted by Gasteiger charge is -2.08. The van der Waals surface area contributed by atoms with Crippen LogP contribution in [0.3, 0.4) is 0 Å². The van der Waals surface area contributed by atoms with Crippen molar-refractivity contribution in [3.05, 3.63) is 42.5 Å². The molecule has 15 heavy (non-hydrogen) atoms. The molecule has 0 radical (unpaired) electrons. The third-order valence-electron chi connectivity index (χ3n) is 2.21. The number of nitrogens with two attached hydrogens (primary N) is 1. The second-order valence-electron chi connectivity index (χ2n) is 3.32. The Balaban J connectivity index is 2.06. The number of para-hydroxylation sites is 2. The summed E-state index contributed by atoms with van der Waals surface area (Å²) >= 11 is 0. The molecule has 78 valence electrons. The minimum absolute atomic E-state index is 0.477. The monoisotopic (exact) mass is 203 g/mol. The summed E-state index contributed by atoms with van der Waals surface area (Å²) in [7, 11) is 1.93. The molecule has 0 saturated heterocycles. The molecule has 0 aliphatic heterocycles. The number of ether oxygens (including phenoxy) is 1. The molecule has 4 nitrogen and oxygen atoms in total. The number of hydrogen-bond acceptors (Lipinski definition) is 3. The summed E-state index contributed by atoms with van der Waals surface area (Å²) in [4.78, 5) is 4.01. The Morgan fingerprint density at radius 1 is 1.40 bits per heavy atom. The SMILES string of the molecule is Cn1cncc1COc1ccccc1N. The van der Waals surface area contributed by atoms with E-state index in [1.54, 1.807) is 12.5 Å². The average Bonchev–Trinajstić information content (AvgIpc) is 2.63. The molecule has 4 heteroatoms. The number of aromatic nitrogens is 2. The van der Waals surface area contributed by atoms with Gasteiger partial charge in [0.1, 0.15) is 12.4 Å². The van der Waals surface area contributed by atoms with E-state index >= 15 is 0 Å². The molecule has 0 atom stereocenters. The number of rotatable bonds is 3. The summed E-state index contributed by atoms with van der Waals surface area (Å²) in [5, 5.41) is 0. The van der Waals surface area contributed by atoms with Crippen molar-refractivity contribution in [2.45, 2.75) is 6.61 Å². The molecule has 2 N–H and O–H groups in total. The van der Waals surface area contributed by atoms with Crippen molar-refractivity contribution in [3.63, 3.8) is 0 Å². The van der Waals surface area contributed by atoms with E-state index in [4.69, 9.17) is 10.5 Å². The normalized spacial score (nSPS) is 10.2. The Morgan fingerprint density at radius 3 is 2.87 bits per heavy atom. The lowest BCUT2D eigenvalue weighted by atomic mass is 10.3. The molecule has 0 bridgehead atoms. The van der Waals surface area contributed by atoms with Gasteiger partial charge in [0.25, 0.3) is 0 Å². The molecule has 0 fully saturated rings. The first-order valence-corrected chi connectivity index (χ1v) is 4.70. The minimum atomic E-state index is 0.477. The molecule has 1 heterocycles. The highest BCUT2D eigenvalue weighted by molar-refractivity contribution is 5.51. The molecule has 1 aromatic carbocycles. The third kappa shape index (κ3) is 2.10. The summed E-state index contributed by atoms with van der Waals surface area (Å²) in [6.07, 6.45) is 3.52. The van der Waals surface area contributed by atoms with Crippen LogP contribution in [0.15, 0.2) is 36.8 Å². The standard InChI is InChI=1S/C11H13N3O/c1-14-8-13-6-9(14)7-15-11-5-3-2-4-10(11)12/h2-6,8H,7,12H2,1H3. The van der Waals surface area contributed by atoms with Crippen LogP contribution < -0.4 is 10.5 Å². The summed E-state index contributed by atoms with van der Waals surface area (Å²) in [5.74, 6) is 0.707. The van der Waals surface area contributed by atoms with Gasteiger partial charge in [-0.3, -0.25) is 0 Å². The zero-order chi connectivity index (χ0) is 10.7. The van der Waals surface area contributed by atoms with Crippen LogP contribution >= 0.6 is 0 Å². The van der Waals surface area contributed by atoms with Crippen LogP contribution in [0.25, 0.3) is 0 Å². The average molecular weight is 203 g/mol. The van der Waals surface area contributed by atoms with Gasteiger partial charge in [0.05, 0.1) is 23.9 Å². The number of imidazole rings is 1. The molecular weight excluding hydrogens is 190 g/mol. The van der Waals surface area contributed by atoms with Gasteiger partial charge in [0.2, 0.25) is 0 Å². The summed E-state index contributed by atoms with van der Waals surface area (Å²) in [6, 6.07) is 7.45. The summed E-state index contributed by atoms with van der Waals surface area (Å²) in [5.41, 5.74) is 7.42. The third-order valence-corrected chi connectivity index (χ3v) is 2.21. The molecule has 0 amide bonds. The maximum Gasteiger partial charge on any atom is 0.142 e. The van der Waals surface area contributed by atoms with E-state index in [-0.39, 0.29) is 0 Å². The van der Waals surface area contributed by atoms with Crippen molar-refractivity contribution in [2.24, 2.45) is 7.05 Å². The Bertz CT molecular complexity index is 451. The van der Waals surface area contributed by atoms with E-state index in [1.165, 1.54) is 0 Å². The van der Waals surface area contributed by atoms with Gasteiger partial charge in [-0.15, -0.1) is 0 Å². The molecule has 0 aliphatic carbocycles. The zero-order valence-electron chi connectivity index (χ0n) is 8.55. The molecule has 0 saturated carbocycles. The van der Waals surface area contributed by atoms with Gasteiger partial charge in [-0.05, 0) is 12.1 Å². The van der Waals surface area contributed by atoms with Gasteiger partial charge in [-0.25, -0.2) is 4.98 Å². The Hall–Kier alpha value is -1.97. The fraction of sp³-hybridized carbons (Fsp3) is 0.182. The van der Waals surface area contributed by atoms with Gasteiger partial charge in [0.15, 0.2) is 0 Å². The second kappa shape index (κ2) is 4.04. The number of anilines is 1. The second-order valence-corrected chi connectivity index (χ2v) is 3.32. The van der Waals surface area contributed by atoms with E-state index in [9.17, 15) is 0 Å². The zero-order valence-corrected chi connectivity index (χ0v) is 8.55. The number of nitrogen functional groups attached to an aromatic ring is 1. The predicted molar refractivity (Wildman–Crippen MR) is 58.4 cm³/mol. The van der Waals surface area contributed by atoms with Gasteiger partial charge in [-0.2, -0.15) is 0 Å². The highest BCUT2D eigenvalue weighted by Gasteiger charge is 2.01. The first kappa shape index (κ1) is 9.58. The van der Waals surface area contributed by atoms with Crippen molar-refractivity contribution < 1.29 is 4.74 Å². The Morgan fingerprint density at radius 2 is 2.20 bits per heavy atom. The Kier molecular flexibility index (Phi) is 2.58. The predicted octanol–water partition coefficient (Wildman–Crippen LogP) is 1.58. The van der Waals surface area contributed by atoms with Crippen molar-refractivity contribution in [1.29, 1.82) is 0 Å². The first-order chi connectivity index (χ1) is 7.27. The van der Waals surface area contributed by atoms with Crippen molar-refractivity contribution >= 4 is 5.69 Å². The molecule has 0 spiro atoms. The summed E-state index contributed by atoms with van der Waals surface area (Å²) < 4.78 is 7.49. The smallest absolute Gasteiger partial charge is 0.142 e. The quantitative estimate of drug-likeness (QED) is 0.770. The van der Waals surface area contributed by atoms with Crippen molar-refractivity contribution in [1.82, 2.24) is 9.55 Å². The largest absolute Gasteiger partial charge is 0.485 e. The molecular formula is C11H13N3O. The number of hydrogen-bond donors (Lipinski definition) is 1. The lowest BCUT2D eigenvalue weighted by molar-refractivity contribution is 0.299. The van der Waals surface area contributed by atoms with Crippen molar-refractivity contribution in [2.75, 3.05) is 5.73 Å². The van der Waals surface area contributed by atoms with Gasteiger partial charge >= 0.3 is 0 Å². The highest BCUT2D eigenvalue weighted by atomic mass is 16.5. The molecule has 2 aromatic rings. The van der Waals surface area contributed by atoms with Crippen LogP contribution in [0, 0.1) is 0 Å². The first-order valence-electron chi connectivity index (χ1n) is 4.70. The van der Waals surface area contributed by atoms with Crippen molar-refractivity contribution in [3.8, 4) is 5.75 Å². The maximum atomic E-state index is 5.75. The van der Waals surface area contributed by atoms with Gasteiger partial charge < -0.3 is 15.0 Å². The molecule has 2 rings (SSSR count). The summed E-state index contributed by atoms with van der Waals surface area (Å²) in [6.45, 7) is 0.477. The van der Waals surface area contributed by atoms with Crippen LogP contribution in [0.2, 0.25) is 0 Å². The fourth-order valence-corrected chi connectivity index (χ4v) is 1.29. The van der Waals surface area contributed by atoms with Crippen LogP contribution in [0.1, 0.15) is 5.69 Å². The van der Waals surface area contributed by atoms with Gasteiger partial charge in [-0.1, -0.05) is 12.1 Å². The molecule has 0 unspecified atom stereocenters. The lowest BCUT2D eigenvalue weighted by Crippen LogP contribution is -2.02. The van der Waals surface area contributed by atoms with E-state index in [2.05, 4.69) is 4.98 Å².